The molecular formula is C24H20F3N5O4. The van der Waals surface area contributed by atoms with Crippen LogP contribution in [0.2, 0.25) is 0 Å². The average molecular weight is 499 g/mol. The summed E-state index contributed by atoms with van der Waals surface area (Å²) in [6.07, 6.45) is -0.550. The lowest BCUT2D eigenvalue weighted by atomic mass is 10.1. The fourth-order valence-electron chi connectivity index (χ4n) is 3.24. The Morgan fingerprint density at radius 1 is 1.14 bits per heavy atom. The third-order valence-electron chi connectivity index (χ3n) is 5.06. The molecule has 2 aromatic heterocycles. The van der Waals surface area contributed by atoms with Gasteiger partial charge in [0.2, 0.25) is 0 Å². The van der Waals surface area contributed by atoms with E-state index >= 15 is 0 Å². The van der Waals surface area contributed by atoms with Gasteiger partial charge in [-0.15, -0.1) is 0 Å². The zero-order valence-corrected chi connectivity index (χ0v) is 19.0. The van der Waals surface area contributed by atoms with Crippen LogP contribution < -0.4 is 5.32 Å². The second kappa shape index (κ2) is 10.4. The molecule has 1 N–H and O–H groups in total. The van der Waals surface area contributed by atoms with Gasteiger partial charge in [0.1, 0.15) is 12.7 Å². The number of amides is 1. The maximum atomic E-state index is 13.1. The van der Waals surface area contributed by atoms with Crippen molar-refractivity contribution in [3.63, 3.8) is 0 Å². The monoisotopic (exact) mass is 499 g/mol. The highest BCUT2D eigenvalue weighted by Gasteiger charge is 2.31. The van der Waals surface area contributed by atoms with Gasteiger partial charge in [-0.2, -0.15) is 18.3 Å². The van der Waals surface area contributed by atoms with Crippen LogP contribution in [-0.2, 0) is 26.9 Å². The molecule has 0 bridgehead atoms. The Morgan fingerprint density at radius 2 is 1.92 bits per heavy atom. The molecule has 0 saturated carbocycles. The lowest BCUT2D eigenvalue weighted by Gasteiger charge is -2.14. The maximum absolute atomic E-state index is 13.1. The lowest BCUT2D eigenvalue weighted by molar-refractivity contribution is -0.147. The number of anilines is 1. The molecule has 0 unspecified atom stereocenters. The number of aromatic nitrogens is 4. The van der Waals surface area contributed by atoms with Gasteiger partial charge in [-0.05, 0) is 25.1 Å². The van der Waals surface area contributed by atoms with Gasteiger partial charge >= 0.3 is 12.1 Å². The highest BCUT2D eigenvalue weighted by atomic mass is 19.4. The molecule has 0 saturated heterocycles. The van der Waals surface area contributed by atoms with Crippen LogP contribution in [0.15, 0.2) is 65.7 Å². The highest BCUT2D eigenvalue weighted by molar-refractivity contribution is 5.94. The average Bonchev–Trinajstić information content (AvgIpc) is 3.54. The van der Waals surface area contributed by atoms with Gasteiger partial charge in [-0.25, -0.2) is 14.6 Å². The number of rotatable bonds is 8. The number of nitrogens with zero attached hydrogens (tertiary/aromatic N) is 4. The van der Waals surface area contributed by atoms with Gasteiger partial charge in [0, 0.05) is 12.0 Å². The Kier molecular flexibility index (Phi) is 7.13. The minimum atomic E-state index is -4.62. The van der Waals surface area contributed by atoms with E-state index in [0.29, 0.717) is 11.7 Å². The van der Waals surface area contributed by atoms with Crippen molar-refractivity contribution in [3.05, 3.63) is 78.3 Å². The molecule has 186 valence electrons. The SMILES string of the molecule is Cc1ccc(-c2cnc(CCC(=O)OCC(=O)Nc3cc(C(F)(F)F)ccc3-n3cncn3)o2)cc1. The van der Waals surface area contributed by atoms with Gasteiger partial charge in [-0.1, -0.05) is 29.8 Å². The molecule has 4 aromatic rings. The van der Waals surface area contributed by atoms with E-state index in [1.807, 2.05) is 31.2 Å². The molecule has 4 rings (SSSR count). The zero-order valence-electron chi connectivity index (χ0n) is 19.0. The molecule has 0 spiro atoms. The van der Waals surface area contributed by atoms with Crippen molar-refractivity contribution in [2.45, 2.75) is 25.9 Å². The Morgan fingerprint density at radius 3 is 2.61 bits per heavy atom. The smallest absolute Gasteiger partial charge is 0.416 e. The van der Waals surface area contributed by atoms with E-state index in [2.05, 4.69) is 20.4 Å². The van der Waals surface area contributed by atoms with Gasteiger partial charge in [0.05, 0.1) is 29.6 Å². The molecule has 9 nitrogen and oxygen atoms in total. The number of carbonyl (C=O) groups excluding carboxylic acids is 2. The van der Waals surface area contributed by atoms with Crippen molar-refractivity contribution in [3.8, 4) is 17.0 Å². The number of nitrogens with one attached hydrogen (secondary N) is 1. The van der Waals surface area contributed by atoms with Crippen LogP contribution in [0.3, 0.4) is 0 Å². The first-order chi connectivity index (χ1) is 17.2. The van der Waals surface area contributed by atoms with Crippen molar-refractivity contribution in [2.24, 2.45) is 0 Å². The second-order valence-corrected chi connectivity index (χ2v) is 7.76. The molecule has 0 aliphatic carbocycles. The second-order valence-electron chi connectivity index (χ2n) is 7.76. The number of oxazole rings is 1. The molecule has 0 fully saturated rings. The van der Waals surface area contributed by atoms with Crippen molar-refractivity contribution in [2.75, 3.05) is 11.9 Å². The number of esters is 1. The zero-order chi connectivity index (χ0) is 25.7. The summed E-state index contributed by atoms with van der Waals surface area (Å²) in [5, 5.41) is 6.20. The summed E-state index contributed by atoms with van der Waals surface area (Å²) in [4.78, 5) is 32.3. The van der Waals surface area contributed by atoms with Crippen LogP contribution in [0.4, 0.5) is 18.9 Å². The fourth-order valence-corrected chi connectivity index (χ4v) is 3.24. The number of hydrogen-bond donors (Lipinski definition) is 1. The first-order valence-corrected chi connectivity index (χ1v) is 10.7. The van der Waals surface area contributed by atoms with Gasteiger partial charge in [0.25, 0.3) is 5.91 Å². The third kappa shape index (κ3) is 6.14. The van der Waals surface area contributed by atoms with Crippen molar-refractivity contribution < 1.29 is 31.9 Å². The van der Waals surface area contributed by atoms with Crippen LogP contribution in [0.5, 0.6) is 0 Å². The quantitative estimate of drug-likeness (QED) is 0.359. The molecule has 0 aliphatic heterocycles. The molecule has 0 radical (unpaired) electrons. The Balaban J connectivity index is 1.32. The molecule has 2 aromatic carbocycles. The number of aryl methyl sites for hydroxylation is 2. The van der Waals surface area contributed by atoms with Crippen LogP contribution in [0.1, 0.15) is 23.4 Å². The summed E-state index contributed by atoms with van der Waals surface area (Å²) < 4.78 is 51.2. The lowest BCUT2D eigenvalue weighted by Crippen LogP contribution is -2.22. The van der Waals surface area contributed by atoms with Crippen molar-refractivity contribution in [1.29, 1.82) is 0 Å². The van der Waals surface area contributed by atoms with Crippen LogP contribution >= 0.6 is 0 Å². The van der Waals surface area contributed by atoms with Crippen molar-refractivity contribution >= 4 is 17.6 Å². The molecular weight excluding hydrogens is 479 g/mol. The number of benzene rings is 2. The fraction of sp³-hybridized carbons (Fsp3) is 0.208. The number of halogens is 3. The van der Waals surface area contributed by atoms with E-state index in [4.69, 9.17) is 9.15 Å². The molecule has 2 heterocycles. The number of ether oxygens (including phenoxy) is 1. The van der Waals surface area contributed by atoms with E-state index in [1.54, 1.807) is 6.20 Å². The predicted octanol–water partition coefficient (Wildman–Crippen LogP) is 4.36. The van der Waals surface area contributed by atoms with Crippen LogP contribution in [0.25, 0.3) is 17.0 Å². The van der Waals surface area contributed by atoms with Crippen molar-refractivity contribution in [1.82, 2.24) is 19.7 Å². The summed E-state index contributed by atoms with van der Waals surface area (Å²) in [5.74, 6) is -0.627. The summed E-state index contributed by atoms with van der Waals surface area (Å²) in [6, 6.07) is 10.4. The normalized spacial score (nSPS) is 11.3. The maximum Gasteiger partial charge on any atom is 0.416 e. The Labute approximate surface area is 202 Å². The van der Waals surface area contributed by atoms with E-state index in [-0.39, 0.29) is 24.2 Å². The Hall–Kier alpha value is -4.48. The van der Waals surface area contributed by atoms with Gasteiger partial charge in [-0.3, -0.25) is 9.59 Å². The largest absolute Gasteiger partial charge is 0.456 e. The van der Waals surface area contributed by atoms with E-state index < -0.39 is 30.2 Å². The molecule has 36 heavy (non-hydrogen) atoms. The molecule has 12 heteroatoms. The van der Waals surface area contributed by atoms with E-state index in [9.17, 15) is 22.8 Å². The topological polar surface area (TPSA) is 112 Å². The number of alkyl halides is 3. The molecule has 0 atom stereocenters. The molecule has 1 amide bonds. The standard InChI is InChI=1S/C24H20F3N5O4/c1-15-2-4-16(5-3-15)20-11-29-22(36-20)8-9-23(34)35-12-21(33)31-18-10-17(24(25,26)27)6-7-19(18)32-14-28-13-30-32/h2-7,10-11,13-14H,8-9,12H2,1H3,(H,31,33). The highest BCUT2D eigenvalue weighted by Crippen LogP contribution is 2.33. The van der Waals surface area contributed by atoms with Crippen LogP contribution in [-0.4, -0.2) is 38.2 Å². The summed E-state index contributed by atoms with van der Waals surface area (Å²) in [6.45, 7) is 1.28. The number of carbonyl (C=O) groups is 2. The minimum Gasteiger partial charge on any atom is -0.456 e. The molecule has 0 aliphatic rings. The van der Waals surface area contributed by atoms with Gasteiger partial charge < -0.3 is 14.5 Å². The Bertz CT molecular complexity index is 1350. The minimum absolute atomic E-state index is 0.102. The predicted molar refractivity (Wildman–Crippen MR) is 121 cm³/mol. The summed E-state index contributed by atoms with van der Waals surface area (Å²) in [5.41, 5.74) is 0.981. The third-order valence-corrected chi connectivity index (χ3v) is 5.06. The van der Waals surface area contributed by atoms with E-state index in [1.165, 1.54) is 17.3 Å². The van der Waals surface area contributed by atoms with Gasteiger partial charge in [0.15, 0.2) is 18.3 Å². The summed E-state index contributed by atoms with van der Waals surface area (Å²) in [7, 11) is 0. The van der Waals surface area contributed by atoms with E-state index in [0.717, 1.165) is 29.3 Å². The first-order valence-electron chi connectivity index (χ1n) is 10.7. The first kappa shape index (κ1) is 24.6. The number of hydrogen-bond acceptors (Lipinski definition) is 7. The van der Waals surface area contributed by atoms with Crippen LogP contribution in [0, 0.1) is 6.92 Å². The summed E-state index contributed by atoms with van der Waals surface area (Å²) >= 11 is 0.